The molecule has 2 aliphatic rings. The van der Waals surface area contributed by atoms with Gasteiger partial charge in [0.05, 0.1) is 23.0 Å². The number of anilines is 2. The second-order valence-electron chi connectivity index (χ2n) is 8.03. The van der Waals surface area contributed by atoms with Gasteiger partial charge in [-0.25, -0.2) is 8.78 Å². The van der Waals surface area contributed by atoms with Crippen molar-refractivity contribution < 1.29 is 13.5 Å². The van der Waals surface area contributed by atoms with Gasteiger partial charge >= 0.3 is 0 Å². The molecule has 1 aliphatic carbocycles. The van der Waals surface area contributed by atoms with Crippen LogP contribution in [-0.2, 0) is 0 Å². The van der Waals surface area contributed by atoms with Crippen molar-refractivity contribution in [2.45, 2.75) is 25.4 Å². The van der Waals surface area contributed by atoms with Crippen LogP contribution in [0.2, 0.25) is 0 Å². The normalized spacial score (nSPS) is 16.8. The fourth-order valence-corrected chi connectivity index (χ4v) is 4.28. The van der Waals surface area contributed by atoms with Gasteiger partial charge in [0.15, 0.2) is 0 Å². The van der Waals surface area contributed by atoms with Crippen LogP contribution < -0.4 is 14.5 Å². The van der Waals surface area contributed by atoms with Crippen molar-refractivity contribution in [2.24, 2.45) is 0 Å². The van der Waals surface area contributed by atoms with Crippen LogP contribution in [0.4, 0.5) is 20.2 Å². The molecule has 0 bridgehead atoms. The number of rotatable bonds is 4. The summed E-state index contributed by atoms with van der Waals surface area (Å²) in [6.45, 7) is 2.35. The van der Waals surface area contributed by atoms with E-state index in [9.17, 15) is 14.0 Å². The van der Waals surface area contributed by atoms with Crippen molar-refractivity contribution in [1.29, 1.82) is 5.26 Å². The Labute approximate surface area is 179 Å². The van der Waals surface area contributed by atoms with E-state index in [0.29, 0.717) is 59.8 Å². The minimum atomic E-state index is -0.412. The highest BCUT2D eigenvalue weighted by Gasteiger charge is 2.26. The summed E-state index contributed by atoms with van der Waals surface area (Å²) in [5, 5.41) is 10.3. The Morgan fingerprint density at radius 2 is 1.77 bits per heavy atom. The summed E-state index contributed by atoms with van der Waals surface area (Å²) in [5.74, 6) is -0.233. The van der Waals surface area contributed by atoms with E-state index >= 15 is 0 Å². The summed E-state index contributed by atoms with van der Waals surface area (Å²) in [5.41, 5.74) is 2.20. The third-order valence-electron chi connectivity index (χ3n) is 6.13. The number of nitriles is 1. The van der Waals surface area contributed by atoms with Crippen LogP contribution in [0.15, 0.2) is 42.6 Å². The van der Waals surface area contributed by atoms with E-state index in [-0.39, 0.29) is 11.9 Å². The highest BCUT2D eigenvalue weighted by molar-refractivity contribution is 5.97. The second kappa shape index (κ2) is 8.03. The molecule has 2 fully saturated rings. The fourth-order valence-electron chi connectivity index (χ4n) is 4.28. The van der Waals surface area contributed by atoms with Crippen molar-refractivity contribution in [2.75, 3.05) is 36.0 Å². The van der Waals surface area contributed by atoms with Gasteiger partial charge in [-0.05, 0) is 37.5 Å². The van der Waals surface area contributed by atoms with E-state index in [4.69, 9.17) is 4.74 Å². The Hall–Kier alpha value is -3.40. The zero-order valence-electron chi connectivity index (χ0n) is 17.0. The number of ether oxygens (including phenoxy) is 1. The smallest absolute Gasteiger partial charge is 0.148 e. The molecule has 5 nitrogen and oxygen atoms in total. The summed E-state index contributed by atoms with van der Waals surface area (Å²) in [4.78, 5) is 8.49. The maximum Gasteiger partial charge on any atom is 0.148 e. The Balaban J connectivity index is 1.49. The predicted octanol–water partition coefficient (Wildman–Crippen LogP) is 4.64. The van der Waals surface area contributed by atoms with Gasteiger partial charge in [-0.3, -0.25) is 4.98 Å². The van der Waals surface area contributed by atoms with Crippen LogP contribution in [0, 0.1) is 23.0 Å². The highest BCUT2D eigenvalue weighted by Crippen LogP contribution is 2.37. The van der Waals surface area contributed by atoms with Crippen molar-refractivity contribution in [1.82, 2.24) is 4.98 Å². The minimum Gasteiger partial charge on any atom is -0.488 e. The molecule has 0 radical (unpaired) electrons. The first-order chi connectivity index (χ1) is 15.1. The monoisotopic (exact) mass is 420 g/mol. The molecule has 2 aromatic carbocycles. The summed E-state index contributed by atoms with van der Waals surface area (Å²) in [6, 6.07) is 11.7. The van der Waals surface area contributed by atoms with Crippen molar-refractivity contribution >= 4 is 22.3 Å². The third-order valence-corrected chi connectivity index (χ3v) is 6.13. The maximum absolute atomic E-state index is 14.5. The van der Waals surface area contributed by atoms with Crippen LogP contribution in [0.25, 0.3) is 10.9 Å². The molecule has 5 rings (SSSR count). The van der Waals surface area contributed by atoms with Crippen LogP contribution in [0.3, 0.4) is 0 Å². The number of aromatic nitrogens is 1. The van der Waals surface area contributed by atoms with E-state index < -0.39 is 5.82 Å². The number of piperazine rings is 1. The minimum absolute atomic E-state index is 0.0928. The second-order valence-corrected chi connectivity index (χ2v) is 8.03. The third kappa shape index (κ3) is 3.63. The van der Waals surface area contributed by atoms with Crippen LogP contribution >= 0.6 is 0 Å². The molecular formula is C24H22F2N4O. The molecule has 158 valence electrons. The number of hydrogen-bond acceptors (Lipinski definition) is 5. The van der Waals surface area contributed by atoms with Crippen LogP contribution in [-0.4, -0.2) is 37.3 Å². The first kappa shape index (κ1) is 19.6. The van der Waals surface area contributed by atoms with Crippen LogP contribution in [0.5, 0.6) is 5.75 Å². The lowest BCUT2D eigenvalue weighted by molar-refractivity contribution is 0.121. The van der Waals surface area contributed by atoms with Gasteiger partial charge in [-0.15, -0.1) is 0 Å². The molecule has 7 heteroatoms. The number of pyridine rings is 1. The first-order valence-electron chi connectivity index (χ1n) is 10.6. The Bertz CT molecular complexity index is 1160. The van der Waals surface area contributed by atoms with Crippen LogP contribution in [0.1, 0.15) is 24.8 Å². The van der Waals surface area contributed by atoms with Gasteiger partial charge in [-0.2, -0.15) is 5.26 Å². The predicted molar refractivity (Wildman–Crippen MR) is 116 cm³/mol. The van der Waals surface area contributed by atoms with E-state index in [1.807, 2.05) is 11.0 Å². The molecule has 1 saturated heterocycles. The average Bonchev–Trinajstić information content (AvgIpc) is 2.76. The quantitative estimate of drug-likeness (QED) is 0.615. The van der Waals surface area contributed by atoms with E-state index in [1.165, 1.54) is 24.4 Å². The zero-order chi connectivity index (χ0) is 21.4. The van der Waals surface area contributed by atoms with Crippen molar-refractivity contribution in [3.05, 3.63) is 59.8 Å². The first-order valence-corrected chi connectivity index (χ1v) is 10.6. The standard InChI is InChI=1S/C24H22F2N4O/c25-17-12-19-23(22(13-17)31-18-4-3-5-18)28-15-16(14-27)24(19)30-10-8-29(9-11-30)21-7-2-1-6-20(21)26/h1-2,6-7,12-13,15,18H,3-5,8-11H2. The topological polar surface area (TPSA) is 52.4 Å². The molecule has 1 aromatic heterocycles. The Kier molecular flexibility index (Phi) is 5.06. The SMILES string of the molecule is N#Cc1cnc2c(OC3CCC3)cc(F)cc2c1N1CCN(c2ccccc2F)CC1. The summed E-state index contributed by atoms with van der Waals surface area (Å²) >= 11 is 0. The molecule has 2 heterocycles. The number of para-hydroxylation sites is 1. The van der Waals surface area contributed by atoms with Gasteiger partial charge in [0, 0.05) is 43.8 Å². The molecule has 1 saturated carbocycles. The molecule has 1 aliphatic heterocycles. The van der Waals surface area contributed by atoms with Gasteiger partial charge in [-0.1, -0.05) is 12.1 Å². The maximum atomic E-state index is 14.5. The molecule has 0 unspecified atom stereocenters. The Morgan fingerprint density at radius 3 is 2.45 bits per heavy atom. The lowest BCUT2D eigenvalue weighted by atomic mass is 9.96. The van der Waals surface area contributed by atoms with Crippen molar-refractivity contribution in [3.8, 4) is 11.8 Å². The molecule has 0 amide bonds. The van der Waals surface area contributed by atoms with Gasteiger partial charge in [0.25, 0.3) is 0 Å². The number of hydrogen-bond donors (Lipinski definition) is 0. The largest absolute Gasteiger partial charge is 0.488 e. The zero-order valence-corrected chi connectivity index (χ0v) is 17.0. The molecule has 31 heavy (non-hydrogen) atoms. The fraction of sp³-hybridized carbons (Fsp3) is 0.333. The number of fused-ring (bicyclic) bond motifs is 1. The number of halogens is 2. The molecule has 0 N–H and O–H groups in total. The van der Waals surface area contributed by atoms with E-state index in [0.717, 1.165) is 19.3 Å². The Morgan fingerprint density at radius 1 is 1.03 bits per heavy atom. The number of benzene rings is 2. The number of nitrogens with zero attached hydrogens (tertiary/aromatic N) is 4. The summed E-state index contributed by atoms with van der Waals surface area (Å²) < 4.78 is 34.7. The molecule has 3 aromatic rings. The van der Waals surface area contributed by atoms with E-state index in [2.05, 4.69) is 16.0 Å². The van der Waals surface area contributed by atoms with Gasteiger partial charge < -0.3 is 14.5 Å². The lowest BCUT2D eigenvalue weighted by Crippen LogP contribution is -2.47. The van der Waals surface area contributed by atoms with E-state index in [1.54, 1.807) is 12.1 Å². The average molecular weight is 420 g/mol. The molecule has 0 atom stereocenters. The molecular weight excluding hydrogens is 398 g/mol. The van der Waals surface area contributed by atoms with Gasteiger partial charge in [0.2, 0.25) is 0 Å². The summed E-state index contributed by atoms with van der Waals surface area (Å²) in [6.07, 6.45) is 4.65. The highest BCUT2D eigenvalue weighted by atomic mass is 19.1. The lowest BCUT2D eigenvalue weighted by Gasteiger charge is -2.38. The molecule has 0 spiro atoms. The van der Waals surface area contributed by atoms with Gasteiger partial charge in [0.1, 0.15) is 29.0 Å². The summed E-state index contributed by atoms with van der Waals surface area (Å²) in [7, 11) is 0. The van der Waals surface area contributed by atoms with Crippen molar-refractivity contribution in [3.63, 3.8) is 0 Å².